The van der Waals surface area contributed by atoms with E-state index in [-0.39, 0.29) is 6.42 Å². The number of ether oxygens (including phenoxy) is 1. The second kappa shape index (κ2) is 13.0. The molecule has 3 aromatic carbocycles. The van der Waals surface area contributed by atoms with Crippen LogP contribution in [0.15, 0.2) is 66.7 Å². The minimum Gasteiger partial charge on any atom is -0.444 e. The lowest BCUT2D eigenvalue weighted by Gasteiger charge is -2.32. The van der Waals surface area contributed by atoms with E-state index in [1.807, 2.05) is 75.4 Å². The lowest BCUT2D eigenvalue weighted by molar-refractivity contribution is -0.139. The van der Waals surface area contributed by atoms with Crippen molar-refractivity contribution in [1.29, 1.82) is 0 Å². The monoisotopic (exact) mass is 563 g/mol. The van der Waals surface area contributed by atoms with Gasteiger partial charge in [0.15, 0.2) is 0 Å². The number of carbonyl (C=O) groups excluding carboxylic acids is 3. The van der Waals surface area contributed by atoms with Crippen molar-refractivity contribution in [3.8, 4) is 0 Å². The Hall–Kier alpha value is -3.84. The molecule has 0 bridgehead atoms. The van der Waals surface area contributed by atoms with Crippen LogP contribution in [-0.4, -0.2) is 41.5 Å². The molecule has 0 saturated heterocycles. The zero-order valence-corrected chi connectivity index (χ0v) is 24.9. The molecule has 0 aliphatic rings. The molecule has 3 aromatic rings. The maximum atomic E-state index is 14.1. The molecular weight excluding hydrogens is 526 g/mol. The maximum Gasteiger partial charge on any atom is 0.408 e. The minimum atomic E-state index is -0.998. The molecule has 40 heavy (non-hydrogen) atoms. The standard InChI is InChI=1S/C32H38ClN3O4/c1-20-16-17-24(22(3)18-20)28(29(37)35-27-21(2)12-11-15-25(27)33)36(7)30(38)26(19-23-13-9-8-10-14-23)34-31(39)40-32(4,5)6/h8-18,26,28H,19H2,1-7H3,(H,34,39)(H,35,37). The third-order valence-electron chi connectivity index (χ3n) is 6.45. The van der Waals surface area contributed by atoms with Crippen molar-refractivity contribution in [2.24, 2.45) is 0 Å². The topological polar surface area (TPSA) is 87.7 Å². The van der Waals surface area contributed by atoms with E-state index in [0.29, 0.717) is 16.3 Å². The molecule has 0 radical (unpaired) electrons. The van der Waals surface area contributed by atoms with E-state index in [9.17, 15) is 14.4 Å². The summed E-state index contributed by atoms with van der Waals surface area (Å²) in [5.74, 6) is -0.861. The first kappa shape index (κ1) is 30.7. The van der Waals surface area contributed by atoms with Gasteiger partial charge in [-0.05, 0) is 69.9 Å². The Morgan fingerprint density at radius 1 is 0.925 bits per heavy atom. The Morgan fingerprint density at radius 2 is 1.60 bits per heavy atom. The summed E-state index contributed by atoms with van der Waals surface area (Å²) in [5, 5.41) is 6.07. The molecule has 212 valence electrons. The van der Waals surface area contributed by atoms with Crippen molar-refractivity contribution >= 4 is 35.2 Å². The maximum absolute atomic E-state index is 14.1. The van der Waals surface area contributed by atoms with Crippen LogP contribution in [0.1, 0.15) is 54.6 Å². The molecule has 2 unspecified atom stereocenters. The Labute approximate surface area is 241 Å². The highest BCUT2D eigenvalue weighted by molar-refractivity contribution is 6.34. The number of likely N-dealkylation sites (N-methyl/N-ethyl adjacent to an activating group) is 1. The summed E-state index contributed by atoms with van der Waals surface area (Å²) in [6.07, 6.45) is -0.497. The molecule has 3 amide bonds. The molecule has 2 atom stereocenters. The second-order valence-electron chi connectivity index (χ2n) is 11.0. The largest absolute Gasteiger partial charge is 0.444 e. The van der Waals surface area contributed by atoms with Crippen LogP contribution in [-0.2, 0) is 20.7 Å². The highest BCUT2D eigenvalue weighted by atomic mass is 35.5. The number of hydrogen-bond acceptors (Lipinski definition) is 4. The zero-order chi connectivity index (χ0) is 29.6. The van der Waals surface area contributed by atoms with Gasteiger partial charge < -0.3 is 20.3 Å². The Kier molecular flexibility index (Phi) is 9.98. The van der Waals surface area contributed by atoms with Gasteiger partial charge in [0.2, 0.25) is 5.91 Å². The summed E-state index contributed by atoms with van der Waals surface area (Å²) in [7, 11) is 1.57. The van der Waals surface area contributed by atoms with Crippen LogP contribution in [0.2, 0.25) is 5.02 Å². The van der Waals surface area contributed by atoms with Crippen LogP contribution in [0.4, 0.5) is 10.5 Å². The fourth-order valence-electron chi connectivity index (χ4n) is 4.51. The number of nitrogens with one attached hydrogen (secondary N) is 2. The van der Waals surface area contributed by atoms with Crippen LogP contribution in [0.25, 0.3) is 0 Å². The van der Waals surface area contributed by atoms with Gasteiger partial charge in [0.1, 0.15) is 17.7 Å². The SMILES string of the molecule is Cc1ccc(C(C(=O)Nc2c(C)cccc2Cl)N(C)C(=O)C(Cc2ccccc2)NC(=O)OC(C)(C)C)c(C)c1. The molecule has 0 spiro atoms. The molecular formula is C32H38ClN3O4. The predicted octanol–water partition coefficient (Wildman–Crippen LogP) is 6.54. The predicted molar refractivity (Wildman–Crippen MR) is 160 cm³/mol. The van der Waals surface area contributed by atoms with E-state index >= 15 is 0 Å². The van der Waals surface area contributed by atoms with Crippen LogP contribution >= 0.6 is 11.6 Å². The number of aryl methyl sites for hydroxylation is 3. The number of amides is 3. The Balaban J connectivity index is 2.01. The molecule has 8 heteroatoms. The van der Waals surface area contributed by atoms with Gasteiger partial charge in [-0.25, -0.2) is 4.79 Å². The van der Waals surface area contributed by atoms with Crippen molar-refractivity contribution in [3.05, 3.63) is 99.6 Å². The highest BCUT2D eigenvalue weighted by Gasteiger charge is 2.35. The first-order chi connectivity index (χ1) is 18.8. The number of benzene rings is 3. The summed E-state index contributed by atoms with van der Waals surface area (Å²) < 4.78 is 5.45. The first-order valence-electron chi connectivity index (χ1n) is 13.2. The van der Waals surface area contributed by atoms with Gasteiger partial charge in [0.05, 0.1) is 10.7 Å². The molecule has 0 saturated carbocycles. The van der Waals surface area contributed by atoms with Gasteiger partial charge in [-0.15, -0.1) is 0 Å². The number of alkyl carbamates (subject to hydrolysis) is 1. The van der Waals surface area contributed by atoms with E-state index in [2.05, 4.69) is 10.6 Å². The number of hydrogen-bond donors (Lipinski definition) is 2. The zero-order valence-electron chi connectivity index (χ0n) is 24.2. The fraction of sp³-hybridized carbons (Fsp3) is 0.344. The lowest BCUT2D eigenvalue weighted by atomic mass is 9.96. The van der Waals surface area contributed by atoms with Crippen molar-refractivity contribution in [2.45, 2.75) is 65.6 Å². The summed E-state index contributed by atoms with van der Waals surface area (Å²) in [5.41, 5.74) is 3.94. The number of para-hydroxylation sites is 1. The van der Waals surface area contributed by atoms with Gasteiger partial charge in [-0.1, -0.05) is 77.8 Å². The summed E-state index contributed by atoms with van der Waals surface area (Å²) in [4.78, 5) is 42.1. The average Bonchev–Trinajstić information content (AvgIpc) is 2.86. The van der Waals surface area contributed by atoms with Gasteiger partial charge in [0.25, 0.3) is 5.91 Å². The van der Waals surface area contributed by atoms with E-state index in [1.54, 1.807) is 40.0 Å². The Morgan fingerprint density at radius 3 is 2.20 bits per heavy atom. The van der Waals surface area contributed by atoms with Gasteiger partial charge in [0, 0.05) is 13.5 Å². The van der Waals surface area contributed by atoms with Crippen LogP contribution in [0.5, 0.6) is 0 Å². The first-order valence-corrected chi connectivity index (χ1v) is 13.6. The molecule has 0 aliphatic carbocycles. The third-order valence-corrected chi connectivity index (χ3v) is 6.76. The van der Waals surface area contributed by atoms with Crippen molar-refractivity contribution in [2.75, 3.05) is 12.4 Å². The molecule has 0 aromatic heterocycles. The fourth-order valence-corrected chi connectivity index (χ4v) is 4.78. The van der Waals surface area contributed by atoms with E-state index in [0.717, 1.165) is 22.3 Å². The van der Waals surface area contributed by atoms with Crippen molar-refractivity contribution in [3.63, 3.8) is 0 Å². The normalized spacial score (nSPS) is 12.7. The molecule has 0 aliphatic heterocycles. The van der Waals surface area contributed by atoms with Gasteiger partial charge >= 0.3 is 6.09 Å². The number of anilines is 1. The number of nitrogens with zero attached hydrogens (tertiary/aromatic N) is 1. The molecule has 0 heterocycles. The second-order valence-corrected chi connectivity index (χ2v) is 11.4. The summed E-state index contributed by atoms with van der Waals surface area (Å²) >= 11 is 6.41. The van der Waals surface area contributed by atoms with Crippen molar-refractivity contribution in [1.82, 2.24) is 10.2 Å². The van der Waals surface area contributed by atoms with E-state index < -0.39 is 35.6 Å². The lowest BCUT2D eigenvalue weighted by Crippen LogP contribution is -2.52. The van der Waals surface area contributed by atoms with Gasteiger partial charge in [-0.3, -0.25) is 9.59 Å². The number of rotatable bonds is 8. The summed E-state index contributed by atoms with van der Waals surface area (Å²) in [6, 6.07) is 18.5. The molecule has 0 fully saturated rings. The van der Waals surface area contributed by atoms with E-state index in [1.165, 1.54) is 4.90 Å². The smallest absolute Gasteiger partial charge is 0.408 e. The molecule has 7 nitrogen and oxygen atoms in total. The van der Waals surface area contributed by atoms with E-state index in [4.69, 9.17) is 16.3 Å². The number of carbonyl (C=O) groups is 3. The molecule has 3 rings (SSSR count). The quantitative estimate of drug-likeness (QED) is 0.326. The number of halogens is 1. The van der Waals surface area contributed by atoms with Crippen LogP contribution in [0, 0.1) is 20.8 Å². The van der Waals surface area contributed by atoms with Crippen LogP contribution < -0.4 is 10.6 Å². The average molecular weight is 564 g/mol. The third kappa shape index (κ3) is 8.09. The highest BCUT2D eigenvalue weighted by Crippen LogP contribution is 2.30. The molecule has 2 N–H and O–H groups in total. The van der Waals surface area contributed by atoms with Gasteiger partial charge in [-0.2, -0.15) is 0 Å². The summed E-state index contributed by atoms with van der Waals surface area (Å²) in [6.45, 7) is 11.0. The van der Waals surface area contributed by atoms with Crippen molar-refractivity contribution < 1.29 is 19.1 Å². The minimum absolute atomic E-state index is 0.216. The van der Waals surface area contributed by atoms with Crippen LogP contribution in [0.3, 0.4) is 0 Å². The Bertz CT molecular complexity index is 1350.